The van der Waals surface area contributed by atoms with Gasteiger partial charge in [0, 0.05) is 64.3 Å². The molecular formula is C43H31N5O. The molecule has 4 heterocycles. The van der Waals surface area contributed by atoms with Gasteiger partial charge in [-0.2, -0.15) is 0 Å². The maximum Gasteiger partial charge on any atom is 0.160 e. The number of nitrogens with zero attached hydrogens (tertiary/aromatic N) is 5. The van der Waals surface area contributed by atoms with Crippen LogP contribution in [0.15, 0.2) is 163 Å². The van der Waals surface area contributed by atoms with Gasteiger partial charge in [0.05, 0.1) is 23.4 Å². The van der Waals surface area contributed by atoms with Gasteiger partial charge in [-0.3, -0.25) is 4.57 Å². The van der Waals surface area contributed by atoms with Crippen LogP contribution >= 0.6 is 0 Å². The third-order valence-electron chi connectivity index (χ3n) is 9.68. The van der Waals surface area contributed by atoms with Gasteiger partial charge in [0.25, 0.3) is 0 Å². The minimum atomic E-state index is 0.795. The van der Waals surface area contributed by atoms with Gasteiger partial charge in [-0.15, -0.1) is 0 Å². The number of para-hydroxylation sites is 2. The molecule has 1 aliphatic heterocycles. The lowest BCUT2D eigenvalue weighted by atomic mass is 10.0. The Morgan fingerprint density at radius 2 is 1.41 bits per heavy atom. The molecule has 6 heteroatoms. The van der Waals surface area contributed by atoms with Gasteiger partial charge in [0.1, 0.15) is 11.4 Å². The van der Waals surface area contributed by atoms with Gasteiger partial charge in [0.15, 0.2) is 5.58 Å². The number of pyridine rings is 1. The minimum absolute atomic E-state index is 0.795. The molecule has 234 valence electrons. The SMILES string of the molecule is CN1C=CN(c2cccc(N(c3ccc4c5ccccc5n(-c5ccccn5)c4c3)c3cc4ccccc4c4c3oc3ccccc34)c2)C1. The van der Waals surface area contributed by atoms with Crippen molar-refractivity contribution in [3.8, 4) is 5.82 Å². The third kappa shape index (κ3) is 4.31. The number of benzene rings is 6. The minimum Gasteiger partial charge on any atom is -0.454 e. The fourth-order valence-electron chi connectivity index (χ4n) is 7.49. The number of rotatable bonds is 5. The van der Waals surface area contributed by atoms with Gasteiger partial charge < -0.3 is 19.1 Å². The van der Waals surface area contributed by atoms with E-state index in [-0.39, 0.29) is 0 Å². The Morgan fingerprint density at radius 1 is 0.633 bits per heavy atom. The molecule has 0 aliphatic carbocycles. The third-order valence-corrected chi connectivity index (χ3v) is 9.68. The quantitative estimate of drug-likeness (QED) is 0.189. The first-order valence-corrected chi connectivity index (χ1v) is 16.5. The van der Waals surface area contributed by atoms with Crippen molar-refractivity contribution in [1.29, 1.82) is 0 Å². The fraction of sp³-hybridized carbons (Fsp3) is 0.0465. The van der Waals surface area contributed by atoms with Crippen LogP contribution in [0.3, 0.4) is 0 Å². The van der Waals surface area contributed by atoms with Crippen LogP contribution in [0.4, 0.5) is 22.7 Å². The highest BCUT2D eigenvalue weighted by Gasteiger charge is 2.24. The smallest absolute Gasteiger partial charge is 0.160 e. The van der Waals surface area contributed by atoms with Crippen LogP contribution in [0.2, 0.25) is 0 Å². The molecule has 0 atom stereocenters. The maximum atomic E-state index is 6.80. The average molecular weight is 634 g/mol. The van der Waals surface area contributed by atoms with Crippen molar-refractivity contribution in [1.82, 2.24) is 14.5 Å². The standard InChI is InChI=1S/C43H31N5O/c1-45-23-24-46(28-45)30-12-10-13-31(26-30)47(39-25-29-11-2-3-14-33(29)42-36-16-5-7-18-40(36)49-43(39)42)32-20-21-35-34-15-4-6-17-37(34)48(38(35)27-32)41-19-8-9-22-44-41/h2-27H,28H2,1H3. The highest BCUT2D eigenvalue weighted by Crippen LogP contribution is 2.47. The van der Waals surface area contributed by atoms with Gasteiger partial charge in [-0.05, 0) is 71.4 Å². The molecule has 49 heavy (non-hydrogen) atoms. The molecule has 10 rings (SSSR count). The molecule has 0 saturated heterocycles. The predicted octanol–water partition coefficient (Wildman–Crippen LogP) is 10.9. The molecule has 0 saturated carbocycles. The second-order valence-corrected chi connectivity index (χ2v) is 12.7. The van der Waals surface area contributed by atoms with Crippen LogP contribution in [0.5, 0.6) is 0 Å². The van der Waals surface area contributed by atoms with Crippen LogP contribution in [0.1, 0.15) is 0 Å². The molecule has 3 aromatic heterocycles. The summed E-state index contributed by atoms with van der Waals surface area (Å²) in [5.74, 6) is 0.884. The van der Waals surface area contributed by atoms with Gasteiger partial charge in [-0.1, -0.05) is 78.9 Å². The van der Waals surface area contributed by atoms with E-state index >= 15 is 0 Å². The Morgan fingerprint density at radius 3 is 2.27 bits per heavy atom. The summed E-state index contributed by atoms with van der Waals surface area (Å²) in [5.41, 5.74) is 8.11. The largest absolute Gasteiger partial charge is 0.454 e. The van der Waals surface area contributed by atoms with Crippen molar-refractivity contribution in [3.05, 3.63) is 158 Å². The number of fused-ring (bicyclic) bond motifs is 8. The Bertz CT molecular complexity index is 2740. The first-order valence-electron chi connectivity index (χ1n) is 16.5. The fourth-order valence-corrected chi connectivity index (χ4v) is 7.49. The zero-order valence-corrected chi connectivity index (χ0v) is 26.9. The van der Waals surface area contributed by atoms with Crippen LogP contribution in [0, 0.1) is 0 Å². The van der Waals surface area contributed by atoms with E-state index in [1.807, 2.05) is 24.4 Å². The molecular weight excluding hydrogens is 603 g/mol. The molecule has 0 unspecified atom stereocenters. The van der Waals surface area contributed by atoms with E-state index in [1.165, 1.54) is 16.2 Å². The summed E-state index contributed by atoms with van der Waals surface area (Å²) in [6.45, 7) is 0.795. The Kier molecular flexibility index (Phi) is 6.05. The summed E-state index contributed by atoms with van der Waals surface area (Å²) in [6.07, 6.45) is 6.10. The van der Waals surface area contributed by atoms with Gasteiger partial charge in [0.2, 0.25) is 0 Å². The summed E-state index contributed by atoms with van der Waals surface area (Å²) < 4.78 is 9.07. The summed E-state index contributed by atoms with van der Waals surface area (Å²) in [6, 6.07) is 49.4. The maximum absolute atomic E-state index is 6.80. The van der Waals surface area contributed by atoms with Crippen molar-refractivity contribution < 1.29 is 4.42 Å². The Hall–Kier alpha value is -6.53. The van der Waals surface area contributed by atoms with Gasteiger partial charge in [-0.25, -0.2) is 4.98 Å². The van der Waals surface area contributed by atoms with E-state index in [2.05, 4.69) is 160 Å². The second kappa shape index (κ2) is 10.8. The monoisotopic (exact) mass is 633 g/mol. The lowest BCUT2D eigenvalue weighted by Gasteiger charge is -2.28. The lowest BCUT2D eigenvalue weighted by Crippen LogP contribution is -2.21. The summed E-state index contributed by atoms with van der Waals surface area (Å²) in [7, 11) is 2.09. The van der Waals surface area contributed by atoms with Crippen molar-refractivity contribution in [2.45, 2.75) is 0 Å². The van der Waals surface area contributed by atoms with Crippen molar-refractivity contribution >= 4 is 77.3 Å². The molecule has 1 aliphatic rings. The van der Waals surface area contributed by atoms with Crippen LogP contribution in [0.25, 0.3) is 60.3 Å². The van der Waals surface area contributed by atoms with E-state index in [1.54, 1.807) is 0 Å². The second-order valence-electron chi connectivity index (χ2n) is 12.7. The zero-order chi connectivity index (χ0) is 32.5. The molecule has 6 nitrogen and oxygen atoms in total. The summed E-state index contributed by atoms with van der Waals surface area (Å²) in [5, 5.41) is 6.94. The average Bonchev–Trinajstić information content (AvgIpc) is 3.86. The van der Waals surface area contributed by atoms with E-state index in [0.717, 1.165) is 73.6 Å². The van der Waals surface area contributed by atoms with Crippen molar-refractivity contribution in [2.24, 2.45) is 0 Å². The van der Waals surface area contributed by atoms with Crippen LogP contribution in [-0.4, -0.2) is 28.2 Å². The summed E-state index contributed by atoms with van der Waals surface area (Å²) >= 11 is 0. The van der Waals surface area contributed by atoms with Crippen LogP contribution in [-0.2, 0) is 0 Å². The van der Waals surface area contributed by atoms with E-state index in [9.17, 15) is 0 Å². The number of furan rings is 1. The van der Waals surface area contributed by atoms with Crippen molar-refractivity contribution in [2.75, 3.05) is 23.5 Å². The van der Waals surface area contributed by atoms with Crippen LogP contribution < -0.4 is 9.80 Å². The molecule has 0 bridgehead atoms. The number of hydrogen-bond acceptors (Lipinski definition) is 5. The number of hydrogen-bond donors (Lipinski definition) is 0. The highest BCUT2D eigenvalue weighted by molar-refractivity contribution is 6.23. The Balaban J connectivity index is 1.29. The first kappa shape index (κ1) is 27.6. The predicted molar refractivity (Wildman–Crippen MR) is 202 cm³/mol. The first-order chi connectivity index (χ1) is 24.2. The van der Waals surface area contributed by atoms with Gasteiger partial charge >= 0.3 is 0 Å². The summed E-state index contributed by atoms with van der Waals surface area (Å²) in [4.78, 5) is 11.6. The molecule has 0 N–H and O–H groups in total. The van der Waals surface area contributed by atoms with E-state index in [4.69, 9.17) is 9.40 Å². The molecule has 9 aromatic rings. The lowest BCUT2D eigenvalue weighted by molar-refractivity contribution is 0.496. The highest BCUT2D eigenvalue weighted by atomic mass is 16.3. The molecule has 0 fully saturated rings. The zero-order valence-electron chi connectivity index (χ0n) is 26.9. The molecule has 0 radical (unpaired) electrons. The topological polar surface area (TPSA) is 40.7 Å². The number of anilines is 4. The Labute approximate surface area is 282 Å². The van der Waals surface area contributed by atoms with E-state index < -0.39 is 0 Å². The normalized spacial score (nSPS) is 13.2. The number of aromatic nitrogens is 2. The van der Waals surface area contributed by atoms with E-state index in [0.29, 0.717) is 0 Å². The van der Waals surface area contributed by atoms with Crippen molar-refractivity contribution in [3.63, 3.8) is 0 Å². The molecule has 0 spiro atoms. The molecule has 6 aromatic carbocycles. The molecule has 0 amide bonds.